The van der Waals surface area contributed by atoms with Crippen molar-refractivity contribution < 1.29 is 19.2 Å². The molecule has 0 amide bonds. The minimum atomic E-state index is -0.946. The molecule has 0 unspecified atom stereocenters. The highest BCUT2D eigenvalue weighted by Gasteiger charge is 2.21. The summed E-state index contributed by atoms with van der Waals surface area (Å²) in [6.45, 7) is 6.27. The maximum atomic E-state index is 11.2. The Kier molecular flexibility index (Phi) is 7.82. The molecule has 4 aromatic rings. The van der Waals surface area contributed by atoms with Crippen molar-refractivity contribution in [1.82, 2.24) is 5.16 Å². The number of ether oxygens (including phenoxy) is 1. The lowest BCUT2D eigenvalue weighted by atomic mass is 10.0. The van der Waals surface area contributed by atoms with Gasteiger partial charge in [0.1, 0.15) is 23.8 Å². The number of hydrogen-bond acceptors (Lipinski definition) is 4. The monoisotopic (exact) mass is 521 g/mol. The van der Waals surface area contributed by atoms with Crippen LogP contribution in [0.25, 0.3) is 23.4 Å². The zero-order valence-corrected chi connectivity index (χ0v) is 21.7. The number of aromatic carboxylic acids is 1. The quantitative estimate of drug-likeness (QED) is 0.236. The highest BCUT2D eigenvalue weighted by molar-refractivity contribution is 6.39. The van der Waals surface area contributed by atoms with Crippen molar-refractivity contribution in [3.05, 3.63) is 104 Å². The largest absolute Gasteiger partial charge is 0.489 e. The Morgan fingerprint density at radius 2 is 1.69 bits per heavy atom. The number of halogens is 2. The fourth-order valence-corrected chi connectivity index (χ4v) is 4.66. The number of benzene rings is 3. The van der Waals surface area contributed by atoms with Crippen LogP contribution in [0, 0.1) is 13.8 Å². The zero-order chi connectivity index (χ0) is 25.8. The third kappa shape index (κ3) is 5.48. The summed E-state index contributed by atoms with van der Waals surface area (Å²) in [5, 5.41) is 14.4. The van der Waals surface area contributed by atoms with Crippen LogP contribution < -0.4 is 4.74 Å². The lowest BCUT2D eigenvalue weighted by molar-refractivity contribution is 0.0697. The van der Waals surface area contributed by atoms with Crippen LogP contribution >= 0.6 is 23.2 Å². The molecule has 0 fully saturated rings. The van der Waals surface area contributed by atoms with E-state index >= 15 is 0 Å². The van der Waals surface area contributed by atoms with Crippen LogP contribution in [-0.2, 0) is 13.0 Å². The topological polar surface area (TPSA) is 72.6 Å². The molecular weight excluding hydrogens is 497 g/mol. The van der Waals surface area contributed by atoms with E-state index in [4.69, 9.17) is 32.5 Å². The first kappa shape index (κ1) is 25.5. The predicted octanol–water partition coefficient (Wildman–Crippen LogP) is 8.28. The van der Waals surface area contributed by atoms with Crippen molar-refractivity contribution in [1.29, 1.82) is 0 Å². The van der Waals surface area contributed by atoms with Gasteiger partial charge in [0.05, 0.1) is 21.2 Å². The standard InChI is InChI=1S/C29H25Cl2NO4/c1-4-26-23(28(32-36-26)27-24(30)9-6-10-25(27)31)16-35-21-13-17(2)22(18(3)14-21)12-11-19-7-5-8-20(15-19)29(33)34/h5-15H,4,16H2,1-3H3,(H,33,34)/b12-11+. The molecule has 0 saturated heterocycles. The lowest BCUT2D eigenvalue weighted by Gasteiger charge is -2.13. The Hall–Kier alpha value is -3.54. The van der Waals surface area contributed by atoms with E-state index in [-0.39, 0.29) is 12.2 Å². The number of carbonyl (C=O) groups is 1. The number of rotatable bonds is 8. The van der Waals surface area contributed by atoms with Crippen LogP contribution in [0.5, 0.6) is 5.75 Å². The maximum absolute atomic E-state index is 11.2. The second-order valence-electron chi connectivity index (χ2n) is 8.41. The van der Waals surface area contributed by atoms with Gasteiger partial charge in [0, 0.05) is 12.0 Å². The van der Waals surface area contributed by atoms with Gasteiger partial charge in [-0.15, -0.1) is 0 Å². The van der Waals surface area contributed by atoms with Crippen LogP contribution in [0.15, 0.2) is 59.1 Å². The summed E-state index contributed by atoms with van der Waals surface area (Å²) < 4.78 is 11.7. The van der Waals surface area contributed by atoms with Crippen LogP contribution in [0.1, 0.15) is 50.9 Å². The Labute approximate surface area is 219 Å². The van der Waals surface area contributed by atoms with Crippen molar-refractivity contribution in [2.24, 2.45) is 0 Å². The van der Waals surface area contributed by atoms with E-state index in [0.29, 0.717) is 27.7 Å². The van der Waals surface area contributed by atoms with E-state index in [1.165, 1.54) is 0 Å². The number of nitrogens with zero attached hydrogens (tertiary/aromatic N) is 1. The smallest absolute Gasteiger partial charge is 0.335 e. The summed E-state index contributed by atoms with van der Waals surface area (Å²) in [5.41, 5.74) is 6.21. The van der Waals surface area contributed by atoms with Crippen LogP contribution in [0.3, 0.4) is 0 Å². The maximum Gasteiger partial charge on any atom is 0.335 e. The number of carboxylic acids is 1. The van der Waals surface area contributed by atoms with Gasteiger partial charge >= 0.3 is 5.97 Å². The molecule has 0 aliphatic carbocycles. The van der Waals surface area contributed by atoms with E-state index in [1.54, 1.807) is 36.4 Å². The van der Waals surface area contributed by atoms with Crippen molar-refractivity contribution >= 4 is 41.3 Å². The molecular formula is C29H25Cl2NO4. The predicted molar refractivity (Wildman–Crippen MR) is 144 cm³/mol. The van der Waals surface area contributed by atoms with Gasteiger partial charge in [0.15, 0.2) is 0 Å². The zero-order valence-electron chi connectivity index (χ0n) is 20.1. The molecule has 0 saturated carbocycles. The fraction of sp³-hybridized carbons (Fsp3) is 0.172. The molecule has 36 heavy (non-hydrogen) atoms. The van der Waals surface area contributed by atoms with Crippen molar-refractivity contribution in [3.8, 4) is 17.0 Å². The first-order chi connectivity index (χ1) is 17.3. The Bertz CT molecular complexity index is 1410. The van der Waals surface area contributed by atoms with Crippen molar-refractivity contribution in [2.45, 2.75) is 33.8 Å². The van der Waals surface area contributed by atoms with Crippen LogP contribution in [0.4, 0.5) is 0 Å². The van der Waals surface area contributed by atoms with Gasteiger partial charge in [-0.2, -0.15) is 0 Å². The molecule has 1 heterocycles. The van der Waals surface area contributed by atoms with Crippen LogP contribution in [0.2, 0.25) is 10.0 Å². The first-order valence-corrected chi connectivity index (χ1v) is 12.2. The molecule has 5 nitrogen and oxygen atoms in total. The van der Waals surface area contributed by atoms with E-state index in [9.17, 15) is 9.90 Å². The molecule has 4 rings (SSSR count). The molecule has 0 aliphatic heterocycles. The summed E-state index contributed by atoms with van der Waals surface area (Å²) in [5.74, 6) is 0.491. The average Bonchev–Trinajstić information content (AvgIpc) is 3.24. The molecule has 1 aromatic heterocycles. The minimum absolute atomic E-state index is 0.250. The van der Waals surface area contributed by atoms with E-state index in [0.717, 1.165) is 39.3 Å². The van der Waals surface area contributed by atoms with Crippen molar-refractivity contribution in [2.75, 3.05) is 0 Å². The van der Waals surface area contributed by atoms with Crippen LogP contribution in [-0.4, -0.2) is 16.2 Å². The third-order valence-corrected chi connectivity index (χ3v) is 6.55. The van der Waals surface area contributed by atoms with E-state index < -0.39 is 5.97 Å². The van der Waals surface area contributed by atoms with Gasteiger partial charge in [0.25, 0.3) is 0 Å². The normalized spacial score (nSPS) is 11.2. The summed E-state index contributed by atoms with van der Waals surface area (Å²) in [4.78, 5) is 11.2. The molecule has 7 heteroatoms. The van der Waals surface area contributed by atoms with Gasteiger partial charge in [-0.3, -0.25) is 0 Å². The summed E-state index contributed by atoms with van der Waals surface area (Å²) in [6.07, 6.45) is 4.55. The Balaban J connectivity index is 1.58. The van der Waals surface area contributed by atoms with E-state index in [1.807, 2.05) is 51.1 Å². The van der Waals surface area contributed by atoms with Gasteiger partial charge in [0.2, 0.25) is 0 Å². The molecule has 1 N–H and O–H groups in total. The molecule has 3 aromatic carbocycles. The third-order valence-electron chi connectivity index (χ3n) is 5.92. The molecule has 0 radical (unpaired) electrons. The van der Waals surface area contributed by atoms with E-state index in [2.05, 4.69) is 5.16 Å². The molecule has 0 spiro atoms. The number of carboxylic acid groups (broad SMARTS) is 1. The number of aryl methyl sites for hydroxylation is 3. The van der Waals surface area contributed by atoms with Gasteiger partial charge in [-0.05, 0) is 72.5 Å². The number of aromatic nitrogens is 1. The molecule has 0 bridgehead atoms. The number of hydrogen-bond donors (Lipinski definition) is 1. The second-order valence-corrected chi connectivity index (χ2v) is 9.22. The first-order valence-electron chi connectivity index (χ1n) is 11.5. The Morgan fingerprint density at radius 1 is 1.03 bits per heavy atom. The summed E-state index contributed by atoms with van der Waals surface area (Å²) >= 11 is 12.8. The molecule has 184 valence electrons. The fourth-order valence-electron chi connectivity index (χ4n) is 4.08. The summed E-state index contributed by atoms with van der Waals surface area (Å²) in [7, 11) is 0. The lowest BCUT2D eigenvalue weighted by Crippen LogP contribution is -2.01. The Morgan fingerprint density at radius 3 is 2.33 bits per heavy atom. The van der Waals surface area contributed by atoms with Gasteiger partial charge in [-0.25, -0.2) is 4.79 Å². The van der Waals surface area contributed by atoms with Crippen molar-refractivity contribution in [3.63, 3.8) is 0 Å². The second kappa shape index (κ2) is 11.0. The average molecular weight is 522 g/mol. The highest BCUT2D eigenvalue weighted by Crippen LogP contribution is 2.37. The SMILES string of the molecule is CCc1onc(-c2c(Cl)cccc2Cl)c1COc1cc(C)c(/C=C/c2cccc(C(=O)O)c2)c(C)c1. The molecule has 0 atom stereocenters. The molecule has 0 aliphatic rings. The van der Waals surface area contributed by atoms with Gasteiger partial charge < -0.3 is 14.4 Å². The highest BCUT2D eigenvalue weighted by atomic mass is 35.5. The summed E-state index contributed by atoms with van der Waals surface area (Å²) in [6, 6.07) is 16.1. The van der Waals surface area contributed by atoms with Gasteiger partial charge in [-0.1, -0.05) is 65.6 Å². The minimum Gasteiger partial charge on any atom is -0.489 e.